The molecular weight excluding hydrogens is 258 g/mol. The molecule has 21 heavy (non-hydrogen) atoms. The molecule has 116 valence electrons. The molecule has 0 radical (unpaired) electrons. The number of rotatable bonds is 6. The minimum Gasteiger partial charge on any atom is -0.328 e. The van der Waals surface area contributed by atoms with E-state index in [1.54, 1.807) is 0 Å². The van der Waals surface area contributed by atoms with Crippen LogP contribution in [0.3, 0.4) is 0 Å². The number of hydrogen-bond acceptors (Lipinski definition) is 2. The fourth-order valence-electron chi connectivity index (χ4n) is 2.60. The Kier molecular flexibility index (Phi) is 5.04. The Morgan fingerprint density at radius 3 is 2.62 bits per heavy atom. The molecule has 3 nitrogen and oxygen atoms in total. The zero-order chi connectivity index (χ0) is 15.5. The molecule has 2 aromatic rings. The van der Waals surface area contributed by atoms with Gasteiger partial charge in [0.2, 0.25) is 0 Å². The van der Waals surface area contributed by atoms with Crippen molar-refractivity contribution in [3.05, 3.63) is 30.1 Å². The van der Waals surface area contributed by atoms with E-state index in [2.05, 4.69) is 68.8 Å². The van der Waals surface area contributed by atoms with Gasteiger partial charge in [-0.05, 0) is 51.8 Å². The van der Waals surface area contributed by atoms with Crippen molar-refractivity contribution in [3.63, 3.8) is 0 Å². The van der Waals surface area contributed by atoms with Crippen LogP contribution in [0.5, 0.6) is 0 Å². The second kappa shape index (κ2) is 6.61. The lowest BCUT2D eigenvalue weighted by molar-refractivity contribution is 0.360. The topological polar surface area (TPSA) is 29.9 Å². The van der Waals surface area contributed by atoms with Crippen LogP contribution in [0.1, 0.15) is 46.9 Å². The SMILES string of the molecule is CCCc1nc2ccccc2n1CC(C)CNC(C)(C)C. The number of para-hydroxylation sites is 2. The first kappa shape index (κ1) is 16.0. The van der Waals surface area contributed by atoms with Crippen molar-refractivity contribution >= 4 is 11.0 Å². The second-order valence-electron chi connectivity index (χ2n) is 7.11. The van der Waals surface area contributed by atoms with Gasteiger partial charge in [-0.15, -0.1) is 0 Å². The van der Waals surface area contributed by atoms with Crippen molar-refractivity contribution in [2.45, 2.75) is 59.5 Å². The first-order valence-electron chi connectivity index (χ1n) is 8.10. The van der Waals surface area contributed by atoms with Crippen LogP contribution in [0.15, 0.2) is 24.3 Å². The van der Waals surface area contributed by atoms with E-state index < -0.39 is 0 Å². The van der Waals surface area contributed by atoms with Crippen molar-refractivity contribution in [2.24, 2.45) is 5.92 Å². The van der Waals surface area contributed by atoms with Crippen LogP contribution in [0.4, 0.5) is 0 Å². The smallest absolute Gasteiger partial charge is 0.109 e. The zero-order valence-electron chi connectivity index (χ0n) is 14.1. The number of nitrogens with one attached hydrogen (secondary N) is 1. The highest BCUT2D eigenvalue weighted by Crippen LogP contribution is 2.19. The minimum atomic E-state index is 0.178. The van der Waals surface area contributed by atoms with Crippen LogP contribution in [0.25, 0.3) is 11.0 Å². The summed E-state index contributed by atoms with van der Waals surface area (Å²) in [5, 5.41) is 3.60. The molecule has 0 spiro atoms. The second-order valence-corrected chi connectivity index (χ2v) is 7.11. The standard InChI is InChI=1S/C18H29N3/c1-6-9-17-20-15-10-7-8-11-16(15)21(17)13-14(2)12-19-18(3,4)5/h7-8,10-11,14,19H,6,9,12-13H2,1-5H3. The quantitative estimate of drug-likeness (QED) is 0.870. The molecule has 1 aromatic heterocycles. The average molecular weight is 287 g/mol. The molecule has 2 rings (SSSR count). The number of hydrogen-bond donors (Lipinski definition) is 1. The Morgan fingerprint density at radius 1 is 1.24 bits per heavy atom. The Balaban J connectivity index is 2.17. The molecule has 1 unspecified atom stereocenters. The molecule has 1 N–H and O–H groups in total. The Morgan fingerprint density at radius 2 is 1.95 bits per heavy atom. The van der Waals surface area contributed by atoms with Crippen LogP contribution in [-0.4, -0.2) is 21.6 Å². The zero-order valence-corrected chi connectivity index (χ0v) is 14.1. The van der Waals surface area contributed by atoms with E-state index in [0.29, 0.717) is 5.92 Å². The van der Waals surface area contributed by atoms with Gasteiger partial charge in [-0.1, -0.05) is 26.0 Å². The van der Waals surface area contributed by atoms with E-state index in [1.165, 1.54) is 11.3 Å². The fraction of sp³-hybridized carbons (Fsp3) is 0.611. The maximum absolute atomic E-state index is 4.81. The van der Waals surface area contributed by atoms with Crippen molar-refractivity contribution in [3.8, 4) is 0 Å². The van der Waals surface area contributed by atoms with Gasteiger partial charge in [0.25, 0.3) is 0 Å². The highest BCUT2D eigenvalue weighted by atomic mass is 15.1. The third kappa shape index (κ3) is 4.31. The Hall–Kier alpha value is -1.35. The summed E-state index contributed by atoms with van der Waals surface area (Å²) >= 11 is 0. The summed E-state index contributed by atoms with van der Waals surface area (Å²) in [6.07, 6.45) is 2.19. The lowest BCUT2D eigenvalue weighted by Gasteiger charge is -2.24. The van der Waals surface area contributed by atoms with Gasteiger partial charge in [-0.25, -0.2) is 4.98 Å². The number of aryl methyl sites for hydroxylation is 1. The van der Waals surface area contributed by atoms with Gasteiger partial charge < -0.3 is 9.88 Å². The van der Waals surface area contributed by atoms with Crippen molar-refractivity contribution in [1.82, 2.24) is 14.9 Å². The molecule has 1 aromatic carbocycles. The Labute approximate surface area is 128 Å². The van der Waals surface area contributed by atoms with Gasteiger partial charge in [0, 0.05) is 18.5 Å². The average Bonchev–Trinajstić information content (AvgIpc) is 2.75. The van der Waals surface area contributed by atoms with Gasteiger partial charge in [-0.2, -0.15) is 0 Å². The molecule has 0 bridgehead atoms. The Bertz CT molecular complexity index is 578. The van der Waals surface area contributed by atoms with Crippen LogP contribution in [-0.2, 0) is 13.0 Å². The van der Waals surface area contributed by atoms with Gasteiger partial charge in [0.1, 0.15) is 5.82 Å². The van der Waals surface area contributed by atoms with Gasteiger partial charge in [0.15, 0.2) is 0 Å². The molecule has 0 saturated carbocycles. The van der Waals surface area contributed by atoms with Crippen LogP contribution < -0.4 is 5.32 Å². The highest BCUT2D eigenvalue weighted by molar-refractivity contribution is 5.75. The summed E-state index contributed by atoms with van der Waals surface area (Å²) in [5.41, 5.74) is 2.57. The minimum absolute atomic E-state index is 0.178. The van der Waals surface area contributed by atoms with E-state index in [1.807, 2.05) is 0 Å². The molecular formula is C18H29N3. The van der Waals surface area contributed by atoms with E-state index in [0.717, 1.165) is 31.4 Å². The van der Waals surface area contributed by atoms with Crippen molar-refractivity contribution in [1.29, 1.82) is 0 Å². The number of fused-ring (bicyclic) bond motifs is 1. The third-order valence-electron chi connectivity index (χ3n) is 3.68. The predicted molar refractivity (Wildman–Crippen MR) is 90.6 cm³/mol. The van der Waals surface area contributed by atoms with Crippen LogP contribution in [0, 0.1) is 5.92 Å². The molecule has 0 amide bonds. The predicted octanol–water partition coefficient (Wildman–Crippen LogP) is 4.01. The normalized spacial score (nSPS) is 13.8. The first-order chi connectivity index (χ1) is 9.90. The van der Waals surface area contributed by atoms with Gasteiger partial charge in [-0.3, -0.25) is 0 Å². The van der Waals surface area contributed by atoms with E-state index in [4.69, 9.17) is 4.98 Å². The molecule has 3 heteroatoms. The maximum atomic E-state index is 4.81. The lowest BCUT2D eigenvalue weighted by Crippen LogP contribution is -2.39. The molecule has 0 aliphatic heterocycles. The molecule has 1 heterocycles. The van der Waals surface area contributed by atoms with Crippen molar-refractivity contribution < 1.29 is 0 Å². The van der Waals surface area contributed by atoms with Gasteiger partial charge in [0.05, 0.1) is 11.0 Å². The lowest BCUT2D eigenvalue weighted by atomic mass is 10.1. The summed E-state index contributed by atoms with van der Waals surface area (Å²) in [4.78, 5) is 4.81. The van der Waals surface area contributed by atoms with Crippen molar-refractivity contribution in [2.75, 3.05) is 6.54 Å². The first-order valence-corrected chi connectivity index (χ1v) is 8.10. The third-order valence-corrected chi connectivity index (χ3v) is 3.68. The highest BCUT2D eigenvalue weighted by Gasteiger charge is 2.15. The summed E-state index contributed by atoms with van der Waals surface area (Å²) < 4.78 is 2.41. The molecule has 0 fully saturated rings. The fourth-order valence-corrected chi connectivity index (χ4v) is 2.60. The van der Waals surface area contributed by atoms with E-state index >= 15 is 0 Å². The number of imidazole rings is 1. The number of aromatic nitrogens is 2. The molecule has 0 saturated heterocycles. The van der Waals surface area contributed by atoms with Crippen LogP contribution in [0.2, 0.25) is 0 Å². The van der Waals surface area contributed by atoms with Gasteiger partial charge >= 0.3 is 0 Å². The number of benzene rings is 1. The van der Waals surface area contributed by atoms with Crippen LogP contribution >= 0.6 is 0 Å². The summed E-state index contributed by atoms with van der Waals surface area (Å²) in [6, 6.07) is 8.47. The molecule has 1 atom stereocenters. The number of nitrogens with zero attached hydrogens (tertiary/aromatic N) is 2. The molecule has 0 aliphatic rings. The van der Waals surface area contributed by atoms with E-state index in [-0.39, 0.29) is 5.54 Å². The summed E-state index contributed by atoms with van der Waals surface area (Å²) in [5.74, 6) is 1.80. The molecule has 0 aliphatic carbocycles. The monoisotopic (exact) mass is 287 g/mol. The largest absolute Gasteiger partial charge is 0.328 e. The van der Waals surface area contributed by atoms with E-state index in [9.17, 15) is 0 Å². The summed E-state index contributed by atoms with van der Waals surface area (Å²) in [6.45, 7) is 13.2. The summed E-state index contributed by atoms with van der Waals surface area (Å²) in [7, 11) is 0. The maximum Gasteiger partial charge on any atom is 0.109 e.